The maximum Gasteiger partial charge on any atom is 0.305 e. The number of carbonyl (C=O) groups excluding carboxylic acids is 1. The number of aliphatic hydroxyl groups is 3. The molecule has 0 radical (unpaired) electrons. The van der Waals surface area contributed by atoms with E-state index in [-0.39, 0.29) is 17.8 Å². The van der Waals surface area contributed by atoms with Crippen LogP contribution in [0, 0.1) is 11.8 Å². The third-order valence-electron chi connectivity index (χ3n) is 5.85. The first-order valence-corrected chi connectivity index (χ1v) is 11.6. The van der Waals surface area contributed by atoms with Crippen molar-refractivity contribution in [3.63, 3.8) is 0 Å². The fourth-order valence-electron chi connectivity index (χ4n) is 4.02. The van der Waals surface area contributed by atoms with Crippen molar-refractivity contribution in [1.29, 1.82) is 0 Å². The van der Waals surface area contributed by atoms with Gasteiger partial charge in [0.05, 0.1) is 24.9 Å². The standard InChI is InChI=1S/C26H38O5/c1-2-3-17-31-26(30)14-10-5-4-9-13-22-23(25(29)19-24(22)28)16-15-21(27)18-20-11-7-6-8-12-20/h4,6-9,11-12,15-16,21-25,27-29H,2-3,5,10,13-14,17-19H2,1H3/b9-4-,16-15+/t21-,22?,23?,24+,25-/m1/s1. The lowest BCUT2D eigenvalue weighted by Crippen LogP contribution is -2.20. The van der Waals surface area contributed by atoms with Crippen LogP contribution in [0.15, 0.2) is 54.6 Å². The summed E-state index contributed by atoms with van der Waals surface area (Å²) in [5.74, 6) is -0.403. The number of allylic oxidation sites excluding steroid dienone is 2. The van der Waals surface area contributed by atoms with E-state index in [4.69, 9.17) is 4.74 Å². The highest BCUT2D eigenvalue weighted by molar-refractivity contribution is 5.69. The lowest BCUT2D eigenvalue weighted by molar-refractivity contribution is -0.143. The van der Waals surface area contributed by atoms with Crippen molar-refractivity contribution in [2.24, 2.45) is 11.8 Å². The zero-order valence-electron chi connectivity index (χ0n) is 18.6. The molecule has 2 rings (SSSR count). The zero-order valence-corrected chi connectivity index (χ0v) is 18.6. The molecule has 0 aliphatic heterocycles. The van der Waals surface area contributed by atoms with Crippen molar-refractivity contribution >= 4 is 5.97 Å². The molecular weight excluding hydrogens is 392 g/mol. The first kappa shape index (κ1) is 25.3. The second kappa shape index (κ2) is 14.2. The number of ether oxygens (including phenoxy) is 1. The smallest absolute Gasteiger partial charge is 0.305 e. The number of carbonyl (C=O) groups is 1. The summed E-state index contributed by atoms with van der Waals surface area (Å²) >= 11 is 0. The molecule has 3 N–H and O–H groups in total. The third kappa shape index (κ3) is 9.38. The molecule has 1 aliphatic carbocycles. The van der Waals surface area contributed by atoms with Gasteiger partial charge >= 0.3 is 5.97 Å². The Morgan fingerprint density at radius 3 is 2.68 bits per heavy atom. The molecule has 1 aromatic rings. The van der Waals surface area contributed by atoms with E-state index in [1.807, 2.05) is 48.6 Å². The molecule has 0 aromatic heterocycles. The third-order valence-corrected chi connectivity index (χ3v) is 5.85. The van der Waals surface area contributed by atoms with E-state index in [2.05, 4.69) is 6.92 Å². The predicted molar refractivity (Wildman–Crippen MR) is 122 cm³/mol. The summed E-state index contributed by atoms with van der Waals surface area (Å²) in [6, 6.07) is 9.79. The molecule has 172 valence electrons. The Labute approximate surface area is 186 Å². The van der Waals surface area contributed by atoms with E-state index in [1.165, 1.54) is 0 Å². The van der Waals surface area contributed by atoms with Crippen LogP contribution < -0.4 is 0 Å². The minimum Gasteiger partial charge on any atom is -0.466 e. The van der Waals surface area contributed by atoms with E-state index in [1.54, 1.807) is 6.08 Å². The summed E-state index contributed by atoms with van der Waals surface area (Å²) in [6.45, 7) is 2.56. The minimum atomic E-state index is -0.624. The fourth-order valence-corrected chi connectivity index (χ4v) is 4.02. The number of esters is 1. The maximum absolute atomic E-state index is 11.6. The van der Waals surface area contributed by atoms with Gasteiger partial charge in [-0.05, 0) is 37.2 Å². The number of unbranched alkanes of at least 4 members (excludes halogenated alkanes) is 2. The van der Waals surface area contributed by atoms with Gasteiger partial charge in [-0.1, -0.05) is 68.0 Å². The molecule has 0 bridgehead atoms. The Bertz CT molecular complexity index is 684. The topological polar surface area (TPSA) is 87.0 Å². The lowest BCUT2D eigenvalue weighted by atomic mass is 9.89. The van der Waals surface area contributed by atoms with E-state index in [0.29, 0.717) is 32.3 Å². The van der Waals surface area contributed by atoms with Crippen molar-refractivity contribution in [3.8, 4) is 0 Å². The summed E-state index contributed by atoms with van der Waals surface area (Å²) in [7, 11) is 0. The van der Waals surface area contributed by atoms with Gasteiger partial charge in [-0.2, -0.15) is 0 Å². The monoisotopic (exact) mass is 430 g/mol. The Balaban J connectivity index is 1.75. The maximum atomic E-state index is 11.6. The summed E-state index contributed by atoms with van der Waals surface area (Å²) in [5.41, 5.74) is 1.06. The number of aliphatic hydroxyl groups excluding tert-OH is 3. The van der Waals surface area contributed by atoms with Gasteiger partial charge in [0.1, 0.15) is 0 Å². The minimum absolute atomic E-state index is 0.0783. The highest BCUT2D eigenvalue weighted by atomic mass is 16.5. The summed E-state index contributed by atoms with van der Waals surface area (Å²) < 4.78 is 5.14. The van der Waals surface area contributed by atoms with Crippen molar-refractivity contribution in [2.75, 3.05) is 6.61 Å². The van der Waals surface area contributed by atoms with E-state index >= 15 is 0 Å². The molecule has 5 nitrogen and oxygen atoms in total. The summed E-state index contributed by atoms with van der Waals surface area (Å²) in [5, 5.41) is 31.0. The normalized spacial score (nSPS) is 24.8. The second-order valence-electron chi connectivity index (χ2n) is 8.43. The first-order chi connectivity index (χ1) is 15.0. The molecule has 2 unspecified atom stereocenters. The van der Waals surface area contributed by atoms with Gasteiger partial charge < -0.3 is 20.1 Å². The Morgan fingerprint density at radius 2 is 1.94 bits per heavy atom. The van der Waals surface area contributed by atoms with Gasteiger partial charge in [-0.15, -0.1) is 0 Å². The van der Waals surface area contributed by atoms with Crippen molar-refractivity contribution in [1.82, 2.24) is 0 Å². The molecule has 1 aliphatic rings. The number of hydrogen-bond acceptors (Lipinski definition) is 5. The molecule has 0 amide bonds. The second-order valence-corrected chi connectivity index (χ2v) is 8.43. The van der Waals surface area contributed by atoms with E-state index in [0.717, 1.165) is 31.2 Å². The van der Waals surface area contributed by atoms with E-state index < -0.39 is 18.3 Å². The van der Waals surface area contributed by atoms with Crippen LogP contribution in [0.1, 0.15) is 57.4 Å². The molecule has 1 fully saturated rings. The average Bonchev–Trinajstić information content (AvgIpc) is 3.02. The molecule has 1 aromatic carbocycles. The summed E-state index contributed by atoms with van der Waals surface area (Å²) in [4.78, 5) is 11.6. The van der Waals surface area contributed by atoms with Gasteiger partial charge in [-0.25, -0.2) is 0 Å². The van der Waals surface area contributed by atoms with Crippen LogP contribution in [0.3, 0.4) is 0 Å². The molecule has 0 heterocycles. The number of rotatable bonds is 13. The van der Waals surface area contributed by atoms with Crippen LogP contribution in [0.2, 0.25) is 0 Å². The van der Waals surface area contributed by atoms with Gasteiger partial charge in [0.2, 0.25) is 0 Å². The SMILES string of the molecule is CCCCOC(=O)CCC/C=C\CC1C(/C=C/[C@@H](O)Cc2ccccc2)[C@H](O)C[C@@H]1O. The quantitative estimate of drug-likeness (QED) is 0.250. The van der Waals surface area contributed by atoms with Crippen LogP contribution in [-0.2, 0) is 16.0 Å². The van der Waals surface area contributed by atoms with Crippen molar-refractivity contribution in [2.45, 2.75) is 76.6 Å². The fraction of sp³-hybridized carbons (Fsp3) is 0.577. The molecule has 5 heteroatoms. The number of hydrogen-bond donors (Lipinski definition) is 3. The van der Waals surface area contributed by atoms with Crippen LogP contribution in [0.4, 0.5) is 0 Å². The Kier molecular flexibility index (Phi) is 11.6. The molecule has 1 saturated carbocycles. The van der Waals surface area contributed by atoms with Crippen LogP contribution >= 0.6 is 0 Å². The molecule has 5 atom stereocenters. The molecule has 0 saturated heterocycles. The molecule has 0 spiro atoms. The largest absolute Gasteiger partial charge is 0.466 e. The van der Waals surface area contributed by atoms with Crippen molar-refractivity contribution < 1.29 is 24.9 Å². The van der Waals surface area contributed by atoms with Crippen LogP contribution in [-0.4, -0.2) is 46.2 Å². The van der Waals surface area contributed by atoms with Gasteiger partial charge in [0.25, 0.3) is 0 Å². The highest BCUT2D eigenvalue weighted by Crippen LogP contribution is 2.36. The van der Waals surface area contributed by atoms with Gasteiger partial charge in [0.15, 0.2) is 0 Å². The van der Waals surface area contributed by atoms with Crippen LogP contribution in [0.5, 0.6) is 0 Å². The lowest BCUT2D eigenvalue weighted by Gasteiger charge is -2.19. The summed E-state index contributed by atoms with van der Waals surface area (Å²) in [6.07, 6.45) is 11.3. The Morgan fingerprint density at radius 1 is 1.16 bits per heavy atom. The predicted octanol–water partition coefficient (Wildman–Crippen LogP) is 3.96. The number of benzene rings is 1. The van der Waals surface area contributed by atoms with E-state index in [9.17, 15) is 20.1 Å². The molecular formula is C26H38O5. The van der Waals surface area contributed by atoms with Gasteiger partial charge in [0, 0.05) is 25.2 Å². The zero-order chi connectivity index (χ0) is 22.5. The van der Waals surface area contributed by atoms with Crippen LogP contribution in [0.25, 0.3) is 0 Å². The molecule has 31 heavy (non-hydrogen) atoms. The van der Waals surface area contributed by atoms with Crippen molar-refractivity contribution in [3.05, 3.63) is 60.2 Å². The average molecular weight is 431 g/mol. The highest BCUT2D eigenvalue weighted by Gasteiger charge is 2.39. The Hall–Kier alpha value is -1.95. The first-order valence-electron chi connectivity index (χ1n) is 11.6. The van der Waals surface area contributed by atoms with Gasteiger partial charge in [-0.3, -0.25) is 4.79 Å².